The molecule has 0 aliphatic carbocycles. The topological polar surface area (TPSA) is 118 Å². The maximum atomic E-state index is 9.55. The normalized spacial score (nSPS) is 11.9. The van der Waals surface area contributed by atoms with E-state index in [1.165, 1.54) is 0 Å². The molecule has 0 saturated carbocycles. The SMILES string of the molecule is Nc1ccc(Cn2nnnc2/C(Cc2c[nH]c3ccccc23)=N\O)cc1. The summed E-state index contributed by atoms with van der Waals surface area (Å²) in [6.07, 6.45) is 2.31. The van der Waals surface area contributed by atoms with Crippen LogP contribution in [0, 0.1) is 0 Å². The molecule has 8 heteroatoms. The second-order valence-electron chi connectivity index (χ2n) is 5.98. The van der Waals surface area contributed by atoms with Crippen molar-refractivity contribution < 1.29 is 5.21 Å². The van der Waals surface area contributed by atoms with Gasteiger partial charge in [-0.3, -0.25) is 0 Å². The highest BCUT2D eigenvalue weighted by Crippen LogP contribution is 2.19. The van der Waals surface area contributed by atoms with Gasteiger partial charge in [-0.15, -0.1) is 5.10 Å². The third kappa shape index (κ3) is 3.00. The van der Waals surface area contributed by atoms with Crippen LogP contribution in [-0.2, 0) is 13.0 Å². The summed E-state index contributed by atoms with van der Waals surface area (Å²) >= 11 is 0. The fourth-order valence-electron chi connectivity index (χ4n) is 2.93. The molecule has 4 N–H and O–H groups in total. The van der Waals surface area contributed by atoms with Crippen molar-refractivity contribution in [1.29, 1.82) is 0 Å². The maximum absolute atomic E-state index is 9.55. The minimum absolute atomic E-state index is 0.398. The molecule has 0 bridgehead atoms. The van der Waals surface area contributed by atoms with E-state index >= 15 is 0 Å². The first-order chi connectivity index (χ1) is 12.7. The number of aromatic amines is 1. The van der Waals surface area contributed by atoms with Gasteiger partial charge >= 0.3 is 0 Å². The number of hydrogen-bond donors (Lipinski definition) is 3. The van der Waals surface area contributed by atoms with Gasteiger partial charge in [-0.2, -0.15) is 0 Å². The Kier molecular flexibility index (Phi) is 4.06. The van der Waals surface area contributed by atoms with Gasteiger partial charge in [-0.05, 0) is 39.8 Å². The molecule has 0 atom stereocenters. The van der Waals surface area contributed by atoms with Crippen LogP contribution in [0.25, 0.3) is 10.9 Å². The molecule has 2 heterocycles. The lowest BCUT2D eigenvalue weighted by atomic mass is 10.1. The van der Waals surface area contributed by atoms with E-state index in [1.54, 1.807) is 4.68 Å². The lowest BCUT2D eigenvalue weighted by molar-refractivity contribution is 0.317. The highest BCUT2D eigenvalue weighted by atomic mass is 16.4. The van der Waals surface area contributed by atoms with E-state index in [4.69, 9.17) is 5.73 Å². The van der Waals surface area contributed by atoms with Crippen LogP contribution in [0.4, 0.5) is 5.69 Å². The van der Waals surface area contributed by atoms with Gasteiger partial charge in [0.15, 0.2) is 0 Å². The Bertz CT molecular complexity index is 1060. The second kappa shape index (κ2) is 6.67. The number of rotatable bonds is 5. The van der Waals surface area contributed by atoms with Crippen molar-refractivity contribution in [2.24, 2.45) is 5.16 Å². The van der Waals surface area contributed by atoms with Crippen molar-refractivity contribution in [3.8, 4) is 0 Å². The minimum Gasteiger partial charge on any atom is -0.411 e. The van der Waals surface area contributed by atoms with E-state index in [0.717, 1.165) is 22.0 Å². The van der Waals surface area contributed by atoms with Gasteiger partial charge < -0.3 is 15.9 Å². The standard InChI is InChI=1S/C18H17N7O/c19-14-7-5-12(6-8-14)11-25-18(21-23-24-25)17(22-26)9-13-10-20-16-4-2-1-3-15(13)16/h1-8,10,20,26H,9,11,19H2/b22-17-. The van der Waals surface area contributed by atoms with Gasteiger partial charge in [-0.1, -0.05) is 35.5 Å². The lowest BCUT2D eigenvalue weighted by Crippen LogP contribution is -2.15. The molecule has 0 amide bonds. The average Bonchev–Trinajstić information content (AvgIpc) is 3.29. The Labute approximate surface area is 148 Å². The first-order valence-electron chi connectivity index (χ1n) is 8.11. The Morgan fingerprint density at radius 3 is 2.77 bits per heavy atom. The van der Waals surface area contributed by atoms with Gasteiger partial charge in [0.05, 0.1) is 6.54 Å². The molecular weight excluding hydrogens is 330 g/mol. The van der Waals surface area contributed by atoms with E-state index in [2.05, 4.69) is 25.7 Å². The van der Waals surface area contributed by atoms with Crippen LogP contribution in [-0.4, -0.2) is 36.1 Å². The molecule has 2 aromatic heterocycles. The van der Waals surface area contributed by atoms with E-state index in [-0.39, 0.29) is 0 Å². The molecule has 0 saturated heterocycles. The quantitative estimate of drug-likeness (QED) is 0.221. The zero-order chi connectivity index (χ0) is 17.9. The number of H-pyrrole nitrogens is 1. The number of tetrazole rings is 1. The summed E-state index contributed by atoms with van der Waals surface area (Å²) < 4.78 is 1.61. The number of nitrogens with two attached hydrogens (primary N) is 1. The fraction of sp³-hybridized carbons (Fsp3) is 0.111. The minimum atomic E-state index is 0.398. The van der Waals surface area contributed by atoms with E-state index in [9.17, 15) is 5.21 Å². The average molecular weight is 347 g/mol. The van der Waals surface area contributed by atoms with Crippen LogP contribution in [0.2, 0.25) is 0 Å². The van der Waals surface area contributed by atoms with Crippen molar-refractivity contribution >= 4 is 22.3 Å². The number of hydrogen-bond acceptors (Lipinski definition) is 6. The number of benzene rings is 2. The number of oxime groups is 1. The van der Waals surface area contributed by atoms with Crippen molar-refractivity contribution in [3.63, 3.8) is 0 Å². The van der Waals surface area contributed by atoms with Crippen LogP contribution in [0.3, 0.4) is 0 Å². The summed E-state index contributed by atoms with van der Waals surface area (Å²) in [5.74, 6) is 0.426. The number of nitrogen functional groups attached to an aromatic ring is 1. The summed E-state index contributed by atoms with van der Waals surface area (Å²) in [5, 5.41) is 25.9. The summed E-state index contributed by atoms with van der Waals surface area (Å²) in [6, 6.07) is 15.4. The third-order valence-electron chi connectivity index (χ3n) is 4.26. The predicted octanol–water partition coefficient (Wildman–Crippen LogP) is 2.21. The molecule has 2 aromatic carbocycles. The van der Waals surface area contributed by atoms with Crippen LogP contribution in [0.5, 0.6) is 0 Å². The maximum Gasteiger partial charge on any atom is 0.200 e. The second-order valence-corrected chi connectivity index (χ2v) is 5.98. The number of nitrogens with zero attached hydrogens (tertiary/aromatic N) is 5. The highest BCUT2D eigenvalue weighted by Gasteiger charge is 2.17. The molecule has 4 rings (SSSR count). The van der Waals surface area contributed by atoms with Crippen LogP contribution in [0.1, 0.15) is 17.0 Å². The Morgan fingerprint density at radius 1 is 1.15 bits per heavy atom. The number of aromatic nitrogens is 5. The Morgan fingerprint density at radius 2 is 1.96 bits per heavy atom. The molecule has 0 aliphatic rings. The van der Waals surface area contributed by atoms with E-state index < -0.39 is 0 Å². The number of fused-ring (bicyclic) bond motifs is 1. The van der Waals surface area contributed by atoms with Gasteiger partial charge in [0.1, 0.15) is 5.71 Å². The molecule has 8 nitrogen and oxygen atoms in total. The molecule has 0 fully saturated rings. The smallest absolute Gasteiger partial charge is 0.200 e. The highest BCUT2D eigenvalue weighted by molar-refractivity contribution is 6.00. The van der Waals surface area contributed by atoms with Gasteiger partial charge in [0.2, 0.25) is 5.82 Å². The lowest BCUT2D eigenvalue weighted by Gasteiger charge is -2.06. The third-order valence-corrected chi connectivity index (χ3v) is 4.26. The van der Waals surface area contributed by atoms with Gasteiger partial charge in [0, 0.05) is 29.2 Å². The summed E-state index contributed by atoms with van der Waals surface area (Å²) in [4.78, 5) is 3.22. The first kappa shape index (κ1) is 15.8. The van der Waals surface area contributed by atoms with Gasteiger partial charge in [0.25, 0.3) is 0 Å². The molecule has 0 radical (unpaired) electrons. The predicted molar refractivity (Wildman–Crippen MR) is 98.1 cm³/mol. The zero-order valence-corrected chi connectivity index (χ0v) is 13.9. The summed E-state index contributed by atoms with van der Waals surface area (Å²) in [5.41, 5.74) is 9.85. The van der Waals surface area contributed by atoms with E-state index in [1.807, 2.05) is 54.7 Å². The van der Waals surface area contributed by atoms with Crippen LogP contribution >= 0.6 is 0 Å². The number of para-hydroxylation sites is 1. The molecule has 0 spiro atoms. The first-order valence-corrected chi connectivity index (χ1v) is 8.11. The molecule has 4 aromatic rings. The van der Waals surface area contributed by atoms with Gasteiger partial charge in [-0.25, -0.2) is 4.68 Å². The zero-order valence-electron chi connectivity index (χ0n) is 13.9. The Hall–Kier alpha value is -3.68. The van der Waals surface area contributed by atoms with Crippen LogP contribution in [0.15, 0.2) is 59.9 Å². The van der Waals surface area contributed by atoms with Crippen molar-refractivity contribution in [3.05, 3.63) is 71.7 Å². The molecule has 26 heavy (non-hydrogen) atoms. The van der Waals surface area contributed by atoms with Crippen molar-refractivity contribution in [2.45, 2.75) is 13.0 Å². The van der Waals surface area contributed by atoms with E-state index in [0.29, 0.717) is 30.2 Å². The number of nitrogens with one attached hydrogen (secondary N) is 1. The summed E-state index contributed by atoms with van der Waals surface area (Å²) in [7, 11) is 0. The molecular formula is C18H17N7O. The molecule has 0 unspecified atom stereocenters. The van der Waals surface area contributed by atoms with Crippen molar-refractivity contribution in [1.82, 2.24) is 25.2 Å². The number of anilines is 1. The largest absolute Gasteiger partial charge is 0.411 e. The van der Waals surface area contributed by atoms with Crippen molar-refractivity contribution in [2.75, 3.05) is 5.73 Å². The Balaban J connectivity index is 1.62. The molecule has 130 valence electrons. The van der Waals surface area contributed by atoms with Crippen LogP contribution < -0.4 is 5.73 Å². The summed E-state index contributed by atoms with van der Waals surface area (Å²) in [6.45, 7) is 0.454. The molecule has 0 aliphatic heterocycles. The monoisotopic (exact) mass is 347 g/mol. The fourth-order valence-corrected chi connectivity index (χ4v) is 2.93.